The first-order valence-corrected chi connectivity index (χ1v) is 4.32. The van der Waals surface area contributed by atoms with Crippen LogP contribution in [-0.4, -0.2) is 25.3 Å². The van der Waals surface area contributed by atoms with Gasteiger partial charge in [0.1, 0.15) is 5.56 Å². The number of rotatable bonds is 3. The summed E-state index contributed by atoms with van der Waals surface area (Å²) >= 11 is 0. The minimum atomic E-state index is -0.624. The molecule has 0 radical (unpaired) electrons. The quantitative estimate of drug-likeness (QED) is 0.717. The van der Waals surface area contributed by atoms with Crippen molar-refractivity contribution in [1.29, 1.82) is 0 Å². The van der Waals surface area contributed by atoms with Crippen LogP contribution in [0.15, 0.2) is 12.1 Å². The van der Waals surface area contributed by atoms with E-state index < -0.39 is 5.97 Å². The predicted octanol–water partition coefficient (Wildman–Crippen LogP) is 0.646. The van der Waals surface area contributed by atoms with Crippen molar-refractivity contribution >= 4 is 5.97 Å². The van der Waals surface area contributed by atoms with E-state index in [-0.39, 0.29) is 23.6 Å². The molecule has 0 saturated carbocycles. The van der Waals surface area contributed by atoms with Gasteiger partial charge >= 0.3 is 5.97 Å². The highest BCUT2D eigenvalue weighted by molar-refractivity contribution is 5.93. The average Bonchev–Trinajstić information content (AvgIpc) is 2.28. The van der Waals surface area contributed by atoms with Gasteiger partial charge in [-0.05, 0) is 17.7 Å². The fourth-order valence-corrected chi connectivity index (χ4v) is 1.20. The maximum absolute atomic E-state index is 11.3. The second-order valence-electron chi connectivity index (χ2n) is 2.89. The normalized spacial score (nSPS) is 9.80. The van der Waals surface area contributed by atoms with Crippen molar-refractivity contribution in [2.75, 3.05) is 14.2 Å². The fraction of sp³-hybridized carbons (Fsp3) is 0.300. The number of methoxy groups -OCH3 is 2. The Bertz CT molecular complexity index is 376. The van der Waals surface area contributed by atoms with Gasteiger partial charge in [-0.2, -0.15) is 0 Å². The van der Waals surface area contributed by atoms with Crippen LogP contribution < -0.4 is 10.5 Å². The number of nitrogens with two attached hydrogens (primary N) is 1. The smallest absolute Gasteiger partial charge is 0.341 e. The topological polar surface area (TPSA) is 81.8 Å². The molecular formula is C10H13NO4. The number of ether oxygens (including phenoxy) is 2. The molecule has 0 aromatic heterocycles. The van der Waals surface area contributed by atoms with Crippen LogP contribution in [0.3, 0.4) is 0 Å². The van der Waals surface area contributed by atoms with Crippen molar-refractivity contribution in [2.24, 2.45) is 5.73 Å². The summed E-state index contributed by atoms with van der Waals surface area (Å²) in [6.07, 6.45) is 0. The van der Waals surface area contributed by atoms with E-state index >= 15 is 0 Å². The number of hydrogen-bond acceptors (Lipinski definition) is 5. The zero-order valence-corrected chi connectivity index (χ0v) is 8.61. The molecule has 0 aliphatic carbocycles. The van der Waals surface area contributed by atoms with Gasteiger partial charge in [0.2, 0.25) is 0 Å². The Hall–Kier alpha value is -1.75. The number of phenolic OH excluding ortho intramolecular Hbond substituents is 1. The Balaban J connectivity index is 3.30. The van der Waals surface area contributed by atoms with Crippen LogP contribution in [0.5, 0.6) is 11.5 Å². The lowest BCUT2D eigenvalue weighted by molar-refractivity contribution is 0.0596. The van der Waals surface area contributed by atoms with Crippen LogP contribution in [0.4, 0.5) is 0 Å². The number of benzene rings is 1. The largest absolute Gasteiger partial charge is 0.504 e. The second-order valence-corrected chi connectivity index (χ2v) is 2.89. The van der Waals surface area contributed by atoms with E-state index in [2.05, 4.69) is 4.74 Å². The maximum atomic E-state index is 11.3. The Kier molecular flexibility index (Phi) is 3.51. The van der Waals surface area contributed by atoms with Crippen molar-refractivity contribution in [1.82, 2.24) is 0 Å². The van der Waals surface area contributed by atoms with Crippen molar-refractivity contribution in [3.8, 4) is 11.5 Å². The van der Waals surface area contributed by atoms with E-state index in [4.69, 9.17) is 10.5 Å². The standard InChI is InChI=1S/C10H13NO4/c1-14-8-4-6(5-11)3-7(9(8)12)10(13)15-2/h3-4,12H,5,11H2,1-2H3. The predicted molar refractivity (Wildman–Crippen MR) is 53.9 cm³/mol. The van der Waals surface area contributed by atoms with E-state index in [1.165, 1.54) is 20.3 Å². The summed E-state index contributed by atoms with van der Waals surface area (Å²) in [4.78, 5) is 11.3. The third-order valence-corrected chi connectivity index (χ3v) is 2.00. The van der Waals surface area contributed by atoms with E-state index in [9.17, 15) is 9.90 Å². The van der Waals surface area contributed by atoms with Gasteiger partial charge in [-0.15, -0.1) is 0 Å². The van der Waals surface area contributed by atoms with Crippen LogP contribution >= 0.6 is 0 Å². The summed E-state index contributed by atoms with van der Waals surface area (Å²) in [5.74, 6) is -0.652. The molecule has 3 N–H and O–H groups in total. The molecule has 5 nitrogen and oxygen atoms in total. The first-order valence-electron chi connectivity index (χ1n) is 4.32. The van der Waals surface area contributed by atoms with Crippen molar-refractivity contribution in [3.63, 3.8) is 0 Å². The van der Waals surface area contributed by atoms with Crippen molar-refractivity contribution < 1.29 is 19.4 Å². The van der Waals surface area contributed by atoms with Gasteiger partial charge in [-0.25, -0.2) is 4.79 Å². The third-order valence-electron chi connectivity index (χ3n) is 2.00. The Morgan fingerprint density at radius 3 is 2.60 bits per heavy atom. The molecule has 1 rings (SSSR count). The van der Waals surface area contributed by atoms with Crippen molar-refractivity contribution in [3.05, 3.63) is 23.3 Å². The van der Waals surface area contributed by atoms with Gasteiger partial charge in [-0.1, -0.05) is 0 Å². The molecule has 0 unspecified atom stereocenters. The minimum absolute atomic E-state index is 0.0531. The van der Waals surface area contributed by atoms with Crippen molar-refractivity contribution in [2.45, 2.75) is 6.54 Å². The third kappa shape index (κ3) is 2.19. The highest BCUT2D eigenvalue weighted by Gasteiger charge is 2.16. The number of hydrogen-bond donors (Lipinski definition) is 2. The average molecular weight is 211 g/mol. The molecule has 0 saturated heterocycles. The zero-order valence-electron chi connectivity index (χ0n) is 8.61. The van der Waals surface area contributed by atoms with Gasteiger partial charge < -0.3 is 20.3 Å². The number of esters is 1. The van der Waals surface area contributed by atoms with Gasteiger partial charge in [0.15, 0.2) is 11.5 Å². The minimum Gasteiger partial charge on any atom is -0.504 e. The van der Waals surface area contributed by atoms with E-state index in [1.54, 1.807) is 6.07 Å². The molecule has 0 bridgehead atoms. The molecule has 0 amide bonds. The number of carbonyl (C=O) groups is 1. The second kappa shape index (κ2) is 4.65. The molecule has 82 valence electrons. The molecular weight excluding hydrogens is 198 g/mol. The number of phenols is 1. The summed E-state index contributed by atoms with van der Waals surface area (Å²) in [5, 5.41) is 9.64. The molecule has 1 aromatic rings. The molecule has 0 atom stereocenters. The highest BCUT2D eigenvalue weighted by atomic mass is 16.5. The highest BCUT2D eigenvalue weighted by Crippen LogP contribution is 2.31. The van der Waals surface area contributed by atoms with Gasteiger partial charge in [0.05, 0.1) is 14.2 Å². The Labute approximate surface area is 87.4 Å². The van der Waals surface area contributed by atoms with Crippen LogP contribution in [-0.2, 0) is 11.3 Å². The molecule has 0 spiro atoms. The van der Waals surface area contributed by atoms with E-state index in [0.717, 1.165) is 0 Å². The molecule has 5 heteroatoms. The lowest BCUT2D eigenvalue weighted by Gasteiger charge is -2.09. The fourth-order valence-electron chi connectivity index (χ4n) is 1.20. The summed E-state index contributed by atoms with van der Waals surface area (Å²) in [5.41, 5.74) is 6.18. The Morgan fingerprint density at radius 1 is 1.47 bits per heavy atom. The number of carbonyl (C=O) groups excluding carboxylic acids is 1. The van der Waals surface area contributed by atoms with E-state index in [0.29, 0.717) is 5.56 Å². The zero-order chi connectivity index (χ0) is 11.4. The van der Waals surface area contributed by atoms with Gasteiger partial charge in [0, 0.05) is 6.54 Å². The van der Waals surface area contributed by atoms with Crippen LogP contribution in [0.2, 0.25) is 0 Å². The molecule has 0 fully saturated rings. The lowest BCUT2D eigenvalue weighted by atomic mass is 10.1. The summed E-state index contributed by atoms with van der Waals surface area (Å²) in [7, 11) is 2.64. The molecule has 0 aliphatic heterocycles. The number of aromatic hydroxyl groups is 1. The van der Waals surface area contributed by atoms with Crippen LogP contribution in [0.1, 0.15) is 15.9 Å². The van der Waals surface area contributed by atoms with Gasteiger partial charge in [0.25, 0.3) is 0 Å². The summed E-state index contributed by atoms with van der Waals surface area (Å²) in [6.45, 7) is 0.251. The Morgan fingerprint density at radius 2 is 2.13 bits per heavy atom. The summed E-state index contributed by atoms with van der Waals surface area (Å²) < 4.78 is 9.43. The van der Waals surface area contributed by atoms with E-state index in [1.807, 2.05) is 0 Å². The molecule has 1 aromatic carbocycles. The molecule has 0 heterocycles. The lowest BCUT2D eigenvalue weighted by Crippen LogP contribution is -2.05. The monoisotopic (exact) mass is 211 g/mol. The van der Waals surface area contributed by atoms with Gasteiger partial charge in [-0.3, -0.25) is 0 Å². The molecule has 15 heavy (non-hydrogen) atoms. The maximum Gasteiger partial charge on any atom is 0.341 e. The summed E-state index contributed by atoms with van der Waals surface area (Å²) in [6, 6.07) is 3.05. The first kappa shape index (κ1) is 11.3. The van der Waals surface area contributed by atoms with Crippen LogP contribution in [0, 0.1) is 0 Å². The SMILES string of the molecule is COC(=O)c1cc(CN)cc(OC)c1O. The first-order chi connectivity index (χ1) is 7.13. The molecule has 0 aliphatic rings. The van der Waals surface area contributed by atoms with Crippen LogP contribution in [0.25, 0.3) is 0 Å².